The monoisotopic (exact) mass is 203 g/mol. The van der Waals surface area contributed by atoms with E-state index >= 15 is 0 Å². The van der Waals surface area contributed by atoms with Crippen LogP contribution in [0.25, 0.3) is 0 Å². The van der Waals surface area contributed by atoms with E-state index in [0.717, 1.165) is 19.6 Å². The zero-order chi connectivity index (χ0) is 10.8. The molecule has 0 fully saturated rings. The summed E-state index contributed by atoms with van der Waals surface area (Å²) in [4.78, 5) is 0. The molecule has 0 amide bonds. The van der Waals surface area contributed by atoms with Crippen molar-refractivity contribution in [3.63, 3.8) is 0 Å². The molecule has 0 saturated heterocycles. The summed E-state index contributed by atoms with van der Waals surface area (Å²) in [6.07, 6.45) is 2.47. The van der Waals surface area contributed by atoms with E-state index in [9.17, 15) is 0 Å². The second-order valence-corrected chi connectivity index (χ2v) is 3.66. The number of ether oxygens (including phenoxy) is 2. The van der Waals surface area contributed by atoms with Crippen LogP contribution in [0.1, 0.15) is 33.6 Å². The summed E-state index contributed by atoms with van der Waals surface area (Å²) in [6, 6.07) is 0.481. The SMILES string of the molecule is CCCNC(CC)COC(C)COC. The first-order chi connectivity index (χ1) is 6.74. The topological polar surface area (TPSA) is 30.5 Å². The van der Waals surface area contributed by atoms with E-state index in [1.54, 1.807) is 7.11 Å². The normalized spacial score (nSPS) is 15.4. The highest BCUT2D eigenvalue weighted by molar-refractivity contribution is 4.64. The Morgan fingerprint density at radius 3 is 2.43 bits per heavy atom. The fraction of sp³-hybridized carbons (Fsp3) is 1.00. The number of rotatable bonds is 9. The van der Waals surface area contributed by atoms with Crippen molar-refractivity contribution in [2.45, 2.75) is 45.8 Å². The van der Waals surface area contributed by atoms with E-state index in [0.29, 0.717) is 12.6 Å². The van der Waals surface area contributed by atoms with E-state index < -0.39 is 0 Å². The molecule has 14 heavy (non-hydrogen) atoms. The first-order valence-electron chi connectivity index (χ1n) is 5.58. The summed E-state index contributed by atoms with van der Waals surface area (Å²) in [5, 5.41) is 3.45. The highest BCUT2D eigenvalue weighted by Crippen LogP contribution is 1.97. The van der Waals surface area contributed by atoms with Crippen LogP contribution in [0.2, 0.25) is 0 Å². The minimum absolute atomic E-state index is 0.192. The highest BCUT2D eigenvalue weighted by Gasteiger charge is 2.07. The Bertz CT molecular complexity index is 120. The van der Waals surface area contributed by atoms with Gasteiger partial charge >= 0.3 is 0 Å². The van der Waals surface area contributed by atoms with Gasteiger partial charge in [0.15, 0.2) is 0 Å². The Balaban J connectivity index is 3.50. The van der Waals surface area contributed by atoms with Gasteiger partial charge < -0.3 is 14.8 Å². The molecule has 2 atom stereocenters. The van der Waals surface area contributed by atoms with Crippen LogP contribution in [0, 0.1) is 0 Å². The van der Waals surface area contributed by atoms with E-state index in [4.69, 9.17) is 9.47 Å². The van der Waals surface area contributed by atoms with Gasteiger partial charge in [-0.05, 0) is 26.3 Å². The Kier molecular flexibility index (Phi) is 9.35. The molecule has 0 radical (unpaired) electrons. The van der Waals surface area contributed by atoms with Gasteiger partial charge in [0.2, 0.25) is 0 Å². The molecular formula is C11H25NO2. The Morgan fingerprint density at radius 2 is 1.93 bits per heavy atom. The highest BCUT2D eigenvalue weighted by atomic mass is 16.5. The van der Waals surface area contributed by atoms with Crippen molar-refractivity contribution >= 4 is 0 Å². The van der Waals surface area contributed by atoms with Gasteiger partial charge in [0, 0.05) is 13.2 Å². The predicted octanol–water partition coefficient (Wildman–Crippen LogP) is 1.82. The largest absolute Gasteiger partial charge is 0.382 e. The van der Waals surface area contributed by atoms with Gasteiger partial charge in [0.25, 0.3) is 0 Å². The Hall–Kier alpha value is -0.120. The van der Waals surface area contributed by atoms with Crippen LogP contribution in [-0.4, -0.2) is 39.0 Å². The first kappa shape index (κ1) is 13.9. The lowest BCUT2D eigenvalue weighted by atomic mass is 10.2. The van der Waals surface area contributed by atoms with E-state index in [1.807, 2.05) is 6.92 Å². The summed E-state index contributed by atoms with van der Waals surface area (Å²) in [5.74, 6) is 0. The van der Waals surface area contributed by atoms with Crippen molar-refractivity contribution in [3.05, 3.63) is 0 Å². The zero-order valence-electron chi connectivity index (χ0n) is 10.0. The number of methoxy groups -OCH3 is 1. The van der Waals surface area contributed by atoms with Crippen LogP contribution in [-0.2, 0) is 9.47 Å². The van der Waals surface area contributed by atoms with Crippen molar-refractivity contribution in [1.29, 1.82) is 0 Å². The van der Waals surface area contributed by atoms with Crippen LogP contribution < -0.4 is 5.32 Å². The van der Waals surface area contributed by atoms with Crippen LogP contribution in [0.4, 0.5) is 0 Å². The second-order valence-electron chi connectivity index (χ2n) is 3.66. The van der Waals surface area contributed by atoms with E-state index in [1.165, 1.54) is 6.42 Å². The summed E-state index contributed by atoms with van der Waals surface area (Å²) >= 11 is 0. The predicted molar refractivity (Wildman–Crippen MR) is 59.7 cm³/mol. The van der Waals surface area contributed by atoms with Crippen LogP contribution >= 0.6 is 0 Å². The molecule has 0 aliphatic carbocycles. The summed E-state index contributed by atoms with van der Waals surface area (Å²) in [5.41, 5.74) is 0. The summed E-state index contributed by atoms with van der Waals surface area (Å²) in [6.45, 7) is 8.91. The summed E-state index contributed by atoms with van der Waals surface area (Å²) in [7, 11) is 1.70. The molecule has 2 unspecified atom stereocenters. The number of hydrogen-bond acceptors (Lipinski definition) is 3. The molecule has 0 spiro atoms. The maximum Gasteiger partial charge on any atom is 0.0781 e. The Labute approximate surface area is 88.2 Å². The third-order valence-corrected chi connectivity index (χ3v) is 2.16. The maximum absolute atomic E-state index is 5.64. The van der Waals surface area contributed by atoms with Crippen molar-refractivity contribution in [3.8, 4) is 0 Å². The van der Waals surface area contributed by atoms with Gasteiger partial charge in [-0.1, -0.05) is 13.8 Å². The van der Waals surface area contributed by atoms with Gasteiger partial charge in [-0.2, -0.15) is 0 Å². The molecule has 3 heteroatoms. The van der Waals surface area contributed by atoms with Gasteiger partial charge in [-0.3, -0.25) is 0 Å². The van der Waals surface area contributed by atoms with E-state index in [2.05, 4.69) is 19.2 Å². The third kappa shape index (κ3) is 7.30. The van der Waals surface area contributed by atoms with Crippen molar-refractivity contribution in [2.24, 2.45) is 0 Å². The van der Waals surface area contributed by atoms with Crippen LogP contribution in [0.15, 0.2) is 0 Å². The molecule has 3 nitrogen and oxygen atoms in total. The van der Waals surface area contributed by atoms with E-state index in [-0.39, 0.29) is 6.10 Å². The minimum Gasteiger partial charge on any atom is -0.382 e. The van der Waals surface area contributed by atoms with Crippen molar-refractivity contribution in [2.75, 3.05) is 26.9 Å². The van der Waals surface area contributed by atoms with Crippen molar-refractivity contribution < 1.29 is 9.47 Å². The fourth-order valence-corrected chi connectivity index (χ4v) is 1.23. The lowest BCUT2D eigenvalue weighted by Crippen LogP contribution is -2.35. The molecular weight excluding hydrogens is 178 g/mol. The van der Waals surface area contributed by atoms with Gasteiger partial charge in [0.1, 0.15) is 0 Å². The molecule has 0 aliphatic rings. The minimum atomic E-state index is 0.192. The third-order valence-electron chi connectivity index (χ3n) is 2.16. The standard InChI is InChI=1S/C11H25NO2/c1-5-7-12-11(6-2)9-14-10(3)8-13-4/h10-12H,5-9H2,1-4H3. The molecule has 0 heterocycles. The maximum atomic E-state index is 5.64. The Morgan fingerprint density at radius 1 is 1.21 bits per heavy atom. The van der Waals surface area contributed by atoms with Crippen LogP contribution in [0.5, 0.6) is 0 Å². The molecule has 0 aromatic carbocycles. The molecule has 1 N–H and O–H groups in total. The lowest BCUT2D eigenvalue weighted by molar-refractivity contribution is -0.000583. The average Bonchev–Trinajstić information content (AvgIpc) is 2.19. The molecule has 86 valence electrons. The van der Waals surface area contributed by atoms with Gasteiger partial charge in [-0.25, -0.2) is 0 Å². The van der Waals surface area contributed by atoms with Crippen molar-refractivity contribution in [1.82, 2.24) is 5.32 Å². The average molecular weight is 203 g/mol. The molecule has 0 rings (SSSR count). The lowest BCUT2D eigenvalue weighted by Gasteiger charge is -2.19. The quantitative estimate of drug-likeness (QED) is 0.620. The zero-order valence-corrected chi connectivity index (χ0v) is 10.0. The molecule has 0 aliphatic heterocycles. The van der Waals surface area contributed by atoms with Crippen LogP contribution in [0.3, 0.4) is 0 Å². The fourth-order valence-electron chi connectivity index (χ4n) is 1.23. The summed E-state index contributed by atoms with van der Waals surface area (Å²) < 4.78 is 10.7. The first-order valence-corrected chi connectivity index (χ1v) is 5.58. The number of nitrogens with one attached hydrogen (secondary N) is 1. The van der Waals surface area contributed by atoms with Gasteiger partial charge in [-0.15, -0.1) is 0 Å². The molecule has 0 aromatic heterocycles. The molecule has 0 bridgehead atoms. The number of hydrogen-bond donors (Lipinski definition) is 1. The smallest absolute Gasteiger partial charge is 0.0781 e. The van der Waals surface area contributed by atoms with Gasteiger partial charge in [0.05, 0.1) is 19.3 Å². The molecule has 0 saturated carbocycles. The molecule has 0 aromatic rings. The second kappa shape index (κ2) is 9.44.